The molecule has 0 aliphatic carbocycles. The molecule has 1 heterocycles. The number of hydrogen-bond donors (Lipinski definition) is 1. The minimum absolute atomic E-state index is 0.149. The van der Waals surface area contributed by atoms with Gasteiger partial charge in [0, 0.05) is 42.4 Å². The molecule has 0 unspecified atom stereocenters. The maximum Gasteiger partial charge on any atom is 0.258 e. The van der Waals surface area contributed by atoms with E-state index in [4.69, 9.17) is 10.5 Å². The third-order valence-electron chi connectivity index (χ3n) is 2.84. The second-order valence-corrected chi connectivity index (χ2v) is 4.29. The molecule has 0 radical (unpaired) electrons. The number of nitrogens with zero attached hydrogens (tertiary/aromatic N) is 2. The SMILES string of the molecule is CCOc1cc(N)cc(C(=O)N(C)c2ccncc2)c1. The zero-order valence-electron chi connectivity index (χ0n) is 11.5. The van der Waals surface area contributed by atoms with Gasteiger partial charge in [-0.2, -0.15) is 0 Å². The van der Waals surface area contributed by atoms with Gasteiger partial charge in [0.2, 0.25) is 0 Å². The summed E-state index contributed by atoms with van der Waals surface area (Å²) in [6.45, 7) is 2.41. The van der Waals surface area contributed by atoms with Crippen LogP contribution in [0.3, 0.4) is 0 Å². The Kier molecular flexibility index (Phi) is 4.20. The second kappa shape index (κ2) is 6.06. The Bertz CT molecular complexity index is 599. The molecule has 0 aliphatic rings. The highest BCUT2D eigenvalue weighted by Crippen LogP contribution is 2.21. The van der Waals surface area contributed by atoms with E-state index in [1.54, 1.807) is 54.7 Å². The number of pyridine rings is 1. The van der Waals surface area contributed by atoms with E-state index < -0.39 is 0 Å². The van der Waals surface area contributed by atoms with Crippen molar-refractivity contribution in [3.8, 4) is 5.75 Å². The van der Waals surface area contributed by atoms with Gasteiger partial charge in [0.1, 0.15) is 5.75 Å². The van der Waals surface area contributed by atoms with Crippen LogP contribution in [0.4, 0.5) is 11.4 Å². The van der Waals surface area contributed by atoms with Crippen LogP contribution in [-0.4, -0.2) is 24.5 Å². The van der Waals surface area contributed by atoms with Crippen molar-refractivity contribution in [2.75, 3.05) is 24.3 Å². The van der Waals surface area contributed by atoms with Crippen molar-refractivity contribution >= 4 is 17.3 Å². The van der Waals surface area contributed by atoms with E-state index in [0.717, 1.165) is 5.69 Å². The Morgan fingerprint density at radius 1 is 1.30 bits per heavy atom. The summed E-state index contributed by atoms with van der Waals surface area (Å²) >= 11 is 0. The first kappa shape index (κ1) is 13.9. The van der Waals surface area contributed by atoms with Crippen molar-refractivity contribution in [3.63, 3.8) is 0 Å². The standard InChI is InChI=1S/C15H17N3O2/c1-3-20-14-9-11(8-12(16)10-14)15(19)18(2)13-4-6-17-7-5-13/h4-10H,3,16H2,1-2H3. The van der Waals surface area contributed by atoms with Crippen molar-refractivity contribution in [3.05, 3.63) is 48.3 Å². The normalized spacial score (nSPS) is 10.1. The maximum absolute atomic E-state index is 12.4. The number of anilines is 2. The third-order valence-corrected chi connectivity index (χ3v) is 2.84. The predicted molar refractivity (Wildman–Crippen MR) is 79.0 cm³/mol. The molecule has 0 atom stereocenters. The largest absolute Gasteiger partial charge is 0.494 e. The van der Waals surface area contributed by atoms with Crippen LogP contribution < -0.4 is 15.4 Å². The Morgan fingerprint density at radius 2 is 2.00 bits per heavy atom. The smallest absolute Gasteiger partial charge is 0.258 e. The first-order valence-corrected chi connectivity index (χ1v) is 6.33. The number of rotatable bonds is 4. The quantitative estimate of drug-likeness (QED) is 0.867. The van der Waals surface area contributed by atoms with Crippen molar-refractivity contribution in [1.82, 2.24) is 4.98 Å². The Balaban J connectivity index is 2.29. The summed E-state index contributed by atoms with van der Waals surface area (Å²) in [5, 5.41) is 0. The van der Waals surface area contributed by atoms with E-state index in [2.05, 4.69) is 4.98 Å². The fraction of sp³-hybridized carbons (Fsp3) is 0.200. The van der Waals surface area contributed by atoms with E-state index in [9.17, 15) is 4.79 Å². The number of nitrogen functional groups attached to an aromatic ring is 1. The molecule has 1 aromatic carbocycles. The van der Waals surface area contributed by atoms with E-state index >= 15 is 0 Å². The minimum Gasteiger partial charge on any atom is -0.494 e. The molecule has 1 amide bonds. The zero-order valence-corrected chi connectivity index (χ0v) is 11.5. The van der Waals surface area contributed by atoms with Gasteiger partial charge >= 0.3 is 0 Å². The third kappa shape index (κ3) is 3.06. The molecule has 0 spiro atoms. The van der Waals surface area contributed by atoms with Crippen molar-refractivity contribution < 1.29 is 9.53 Å². The fourth-order valence-electron chi connectivity index (χ4n) is 1.87. The molecule has 5 nitrogen and oxygen atoms in total. The highest BCUT2D eigenvalue weighted by molar-refractivity contribution is 6.06. The summed E-state index contributed by atoms with van der Waals surface area (Å²) in [6.07, 6.45) is 3.29. The first-order chi connectivity index (χ1) is 9.61. The number of aromatic nitrogens is 1. The van der Waals surface area contributed by atoms with Gasteiger partial charge < -0.3 is 15.4 Å². The van der Waals surface area contributed by atoms with E-state index in [-0.39, 0.29) is 5.91 Å². The number of amides is 1. The summed E-state index contributed by atoms with van der Waals surface area (Å²) in [5.74, 6) is 0.448. The van der Waals surface area contributed by atoms with Gasteiger partial charge in [-0.25, -0.2) is 0 Å². The number of nitrogens with two attached hydrogens (primary N) is 1. The molecule has 0 fully saturated rings. The monoisotopic (exact) mass is 271 g/mol. The van der Waals surface area contributed by atoms with Crippen molar-refractivity contribution in [2.24, 2.45) is 0 Å². The summed E-state index contributed by atoms with van der Waals surface area (Å²) in [7, 11) is 1.71. The van der Waals surface area contributed by atoms with Crippen LogP contribution in [0.5, 0.6) is 5.75 Å². The van der Waals surface area contributed by atoms with E-state index in [1.807, 2.05) is 6.92 Å². The van der Waals surface area contributed by atoms with Crippen LogP contribution in [0.25, 0.3) is 0 Å². The molecule has 104 valence electrons. The molecular weight excluding hydrogens is 254 g/mol. The highest BCUT2D eigenvalue weighted by atomic mass is 16.5. The number of carbonyl (C=O) groups is 1. The van der Waals surface area contributed by atoms with Crippen LogP contribution >= 0.6 is 0 Å². The van der Waals surface area contributed by atoms with Crippen LogP contribution in [0.1, 0.15) is 17.3 Å². The lowest BCUT2D eigenvalue weighted by Gasteiger charge is -2.18. The molecule has 1 aromatic heterocycles. The molecular formula is C15H17N3O2. The van der Waals surface area contributed by atoms with Crippen LogP contribution in [0.2, 0.25) is 0 Å². The minimum atomic E-state index is -0.149. The number of benzene rings is 1. The lowest BCUT2D eigenvalue weighted by Crippen LogP contribution is -2.26. The molecule has 0 bridgehead atoms. The first-order valence-electron chi connectivity index (χ1n) is 6.33. The summed E-state index contributed by atoms with van der Waals surface area (Å²) in [4.78, 5) is 17.9. The molecule has 2 rings (SSSR count). The summed E-state index contributed by atoms with van der Waals surface area (Å²) < 4.78 is 5.40. The van der Waals surface area contributed by atoms with Crippen molar-refractivity contribution in [1.29, 1.82) is 0 Å². The lowest BCUT2D eigenvalue weighted by atomic mass is 10.1. The van der Waals surface area contributed by atoms with Gasteiger partial charge in [-0.15, -0.1) is 0 Å². The van der Waals surface area contributed by atoms with Gasteiger partial charge in [-0.1, -0.05) is 0 Å². The van der Waals surface area contributed by atoms with Crippen molar-refractivity contribution in [2.45, 2.75) is 6.92 Å². The average molecular weight is 271 g/mol. The molecule has 2 N–H and O–H groups in total. The average Bonchev–Trinajstić information content (AvgIpc) is 2.46. The van der Waals surface area contributed by atoms with Gasteiger partial charge in [-0.3, -0.25) is 9.78 Å². The van der Waals surface area contributed by atoms with Crippen LogP contribution in [0.15, 0.2) is 42.7 Å². The fourth-order valence-corrected chi connectivity index (χ4v) is 1.87. The number of carbonyl (C=O) groups excluding carboxylic acids is 1. The van der Waals surface area contributed by atoms with Crippen LogP contribution in [-0.2, 0) is 0 Å². The molecule has 0 saturated heterocycles. The Hall–Kier alpha value is -2.56. The number of ether oxygens (including phenoxy) is 1. The molecule has 20 heavy (non-hydrogen) atoms. The van der Waals surface area contributed by atoms with E-state index in [0.29, 0.717) is 23.6 Å². The predicted octanol–water partition coefficient (Wildman–Crippen LogP) is 2.34. The molecule has 0 saturated carbocycles. The Labute approximate surface area is 118 Å². The highest BCUT2D eigenvalue weighted by Gasteiger charge is 2.15. The van der Waals surface area contributed by atoms with Gasteiger partial charge in [0.05, 0.1) is 6.61 Å². The van der Waals surface area contributed by atoms with Gasteiger partial charge in [0.25, 0.3) is 5.91 Å². The summed E-state index contributed by atoms with van der Waals surface area (Å²) in [5.41, 5.74) is 7.57. The molecule has 5 heteroatoms. The van der Waals surface area contributed by atoms with Gasteiger partial charge in [-0.05, 0) is 31.2 Å². The number of hydrogen-bond acceptors (Lipinski definition) is 4. The molecule has 0 aliphatic heterocycles. The van der Waals surface area contributed by atoms with Gasteiger partial charge in [0.15, 0.2) is 0 Å². The van der Waals surface area contributed by atoms with E-state index in [1.165, 1.54) is 0 Å². The topological polar surface area (TPSA) is 68.5 Å². The second-order valence-electron chi connectivity index (χ2n) is 4.29. The summed E-state index contributed by atoms with van der Waals surface area (Å²) in [6, 6.07) is 8.58. The lowest BCUT2D eigenvalue weighted by molar-refractivity contribution is 0.0992. The van der Waals surface area contributed by atoms with Crippen LogP contribution in [0, 0.1) is 0 Å². The molecule has 2 aromatic rings. The Morgan fingerprint density at radius 3 is 2.65 bits per heavy atom. The maximum atomic E-state index is 12.4. The zero-order chi connectivity index (χ0) is 14.5.